The molecule has 5 heteroatoms. The van der Waals surface area contributed by atoms with Crippen molar-refractivity contribution in [2.24, 2.45) is 0 Å². The number of aliphatic hydroxyl groups is 1. The van der Waals surface area contributed by atoms with E-state index in [0.717, 1.165) is 28.9 Å². The SMILES string of the molecule is COc1ccc2c(N3CCOCC3CO)nccc2c1. The molecule has 1 N–H and O–H groups in total. The summed E-state index contributed by atoms with van der Waals surface area (Å²) in [4.78, 5) is 6.63. The molecule has 5 nitrogen and oxygen atoms in total. The molecular weight excluding hydrogens is 256 g/mol. The Kier molecular flexibility index (Phi) is 3.71. The molecule has 0 saturated carbocycles. The lowest BCUT2D eigenvalue weighted by Gasteiger charge is -2.36. The number of rotatable bonds is 3. The smallest absolute Gasteiger partial charge is 0.136 e. The molecule has 1 aliphatic rings. The lowest BCUT2D eigenvalue weighted by molar-refractivity contribution is 0.0724. The number of fused-ring (bicyclic) bond motifs is 1. The van der Waals surface area contributed by atoms with Gasteiger partial charge in [0.25, 0.3) is 0 Å². The average molecular weight is 274 g/mol. The van der Waals surface area contributed by atoms with Gasteiger partial charge in [0, 0.05) is 18.1 Å². The Bertz CT molecular complexity index is 603. The summed E-state index contributed by atoms with van der Waals surface area (Å²) in [5.74, 6) is 1.72. The van der Waals surface area contributed by atoms with Gasteiger partial charge in [0.2, 0.25) is 0 Å². The predicted molar refractivity (Wildman–Crippen MR) is 77.3 cm³/mol. The Hall–Kier alpha value is -1.85. The third kappa shape index (κ3) is 2.30. The number of hydrogen-bond acceptors (Lipinski definition) is 5. The van der Waals surface area contributed by atoms with Crippen LogP contribution in [0.2, 0.25) is 0 Å². The quantitative estimate of drug-likeness (QED) is 0.918. The fourth-order valence-corrected chi connectivity index (χ4v) is 2.58. The molecule has 2 heterocycles. The van der Waals surface area contributed by atoms with Crippen molar-refractivity contribution in [2.75, 3.05) is 38.4 Å². The number of nitrogens with zero attached hydrogens (tertiary/aromatic N) is 2. The third-order valence-electron chi connectivity index (χ3n) is 3.66. The first-order valence-electron chi connectivity index (χ1n) is 6.71. The van der Waals surface area contributed by atoms with Gasteiger partial charge in [-0.1, -0.05) is 0 Å². The number of pyridine rings is 1. The lowest BCUT2D eigenvalue weighted by atomic mass is 10.1. The maximum atomic E-state index is 9.51. The van der Waals surface area contributed by atoms with Gasteiger partial charge in [0.05, 0.1) is 33.0 Å². The van der Waals surface area contributed by atoms with Crippen molar-refractivity contribution in [1.29, 1.82) is 0 Å². The molecule has 0 aliphatic carbocycles. The van der Waals surface area contributed by atoms with Gasteiger partial charge < -0.3 is 19.5 Å². The summed E-state index contributed by atoms with van der Waals surface area (Å²) in [6.45, 7) is 1.99. The average Bonchev–Trinajstić information content (AvgIpc) is 2.53. The van der Waals surface area contributed by atoms with Crippen LogP contribution in [-0.4, -0.2) is 49.6 Å². The fraction of sp³-hybridized carbons (Fsp3) is 0.400. The van der Waals surface area contributed by atoms with Crippen molar-refractivity contribution in [3.63, 3.8) is 0 Å². The Balaban J connectivity index is 2.06. The van der Waals surface area contributed by atoms with Gasteiger partial charge in [-0.3, -0.25) is 0 Å². The number of benzene rings is 1. The van der Waals surface area contributed by atoms with Gasteiger partial charge in [-0.2, -0.15) is 0 Å². The molecule has 0 radical (unpaired) electrons. The number of morpholine rings is 1. The molecule has 1 aromatic heterocycles. The molecule has 3 rings (SSSR count). The summed E-state index contributed by atoms with van der Waals surface area (Å²) >= 11 is 0. The first-order valence-corrected chi connectivity index (χ1v) is 6.71. The van der Waals surface area contributed by atoms with Crippen LogP contribution in [-0.2, 0) is 4.74 Å². The Morgan fingerprint density at radius 1 is 1.45 bits per heavy atom. The molecule has 1 saturated heterocycles. The van der Waals surface area contributed by atoms with Crippen LogP contribution in [0.15, 0.2) is 30.5 Å². The standard InChI is InChI=1S/C15H18N2O3/c1-19-13-2-3-14-11(8-13)4-5-16-15(14)17-6-7-20-10-12(17)9-18/h2-5,8,12,18H,6-7,9-10H2,1H3. The fourth-order valence-electron chi connectivity index (χ4n) is 2.58. The molecule has 20 heavy (non-hydrogen) atoms. The molecular formula is C15H18N2O3. The molecule has 106 valence electrons. The van der Waals surface area contributed by atoms with Crippen LogP contribution in [0.3, 0.4) is 0 Å². The van der Waals surface area contributed by atoms with Crippen molar-refractivity contribution in [1.82, 2.24) is 4.98 Å². The van der Waals surface area contributed by atoms with Crippen LogP contribution in [0.5, 0.6) is 5.75 Å². The Labute approximate surface area is 117 Å². The number of anilines is 1. The molecule has 0 bridgehead atoms. The van der Waals surface area contributed by atoms with Crippen molar-refractivity contribution in [3.05, 3.63) is 30.5 Å². The maximum Gasteiger partial charge on any atom is 0.136 e. The minimum atomic E-state index is -0.0380. The lowest BCUT2D eigenvalue weighted by Crippen LogP contribution is -2.48. The summed E-state index contributed by atoms with van der Waals surface area (Å²) in [6.07, 6.45) is 1.79. The van der Waals surface area contributed by atoms with E-state index in [2.05, 4.69) is 9.88 Å². The molecule has 1 atom stereocenters. The Morgan fingerprint density at radius 3 is 3.15 bits per heavy atom. The Morgan fingerprint density at radius 2 is 2.35 bits per heavy atom. The summed E-state index contributed by atoms with van der Waals surface area (Å²) in [5, 5.41) is 11.7. The minimum absolute atomic E-state index is 0.0380. The van der Waals surface area contributed by atoms with E-state index < -0.39 is 0 Å². The third-order valence-corrected chi connectivity index (χ3v) is 3.66. The summed E-state index contributed by atoms with van der Waals surface area (Å²) in [6, 6.07) is 7.87. The highest BCUT2D eigenvalue weighted by molar-refractivity contribution is 5.93. The number of aromatic nitrogens is 1. The van der Waals surface area contributed by atoms with Gasteiger partial charge in [-0.05, 0) is 29.7 Å². The first kappa shape index (κ1) is 13.1. The van der Waals surface area contributed by atoms with Gasteiger partial charge >= 0.3 is 0 Å². The molecule has 2 aromatic rings. The molecule has 0 amide bonds. The minimum Gasteiger partial charge on any atom is -0.497 e. The van der Waals surface area contributed by atoms with E-state index in [1.807, 2.05) is 24.3 Å². The summed E-state index contributed by atoms with van der Waals surface area (Å²) in [5.41, 5.74) is 0. The summed E-state index contributed by atoms with van der Waals surface area (Å²) < 4.78 is 10.7. The highest BCUT2D eigenvalue weighted by atomic mass is 16.5. The topological polar surface area (TPSA) is 54.8 Å². The number of methoxy groups -OCH3 is 1. The second kappa shape index (κ2) is 5.64. The second-order valence-electron chi connectivity index (χ2n) is 4.83. The van der Waals surface area contributed by atoms with Crippen LogP contribution in [0.1, 0.15) is 0 Å². The van der Waals surface area contributed by atoms with Crippen molar-refractivity contribution in [2.45, 2.75) is 6.04 Å². The maximum absolute atomic E-state index is 9.51. The van der Waals surface area contributed by atoms with Crippen molar-refractivity contribution < 1.29 is 14.6 Å². The molecule has 1 unspecified atom stereocenters. The molecule has 1 aromatic carbocycles. The zero-order valence-electron chi connectivity index (χ0n) is 11.5. The number of ether oxygens (including phenoxy) is 2. The van der Waals surface area contributed by atoms with Gasteiger partial charge in [0.15, 0.2) is 0 Å². The normalized spacial score (nSPS) is 19.3. The van der Waals surface area contributed by atoms with Crippen LogP contribution < -0.4 is 9.64 Å². The van der Waals surface area contributed by atoms with Crippen molar-refractivity contribution in [3.8, 4) is 5.75 Å². The highest BCUT2D eigenvalue weighted by Gasteiger charge is 2.24. The number of hydrogen-bond donors (Lipinski definition) is 1. The summed E-state index contributed by atoms with van der Waals surface area (Å²) in [7, 11) is 1.66. The largest absolute Gasteiger partial charge is 0.497 e. The van der Waals surface area contributed by atoms with Gasteiger partial charge in [-0.25, -0.2) is 4.98 Å². The van der Waals surface area contributed by atoms with Crippen LogP contribution in [0, 0.1) is 0 Å². The van der Waals surface area contributed by atoms with Crippen LogP contribution >= 0.6 is 0 Å². The van der Waals surface area contributed by atoms with Crippen molar-refractivity contribution >= 4 is 16.6 Å². The zero-order chi connectivity index (χ0) is 13.9. The molecule has 1 aliphatic heterocycles. The van der Waals surface area contributed by atoms with E-state index in [-0.39, 0.29) is 12.6 Å². The predicted octanol–water partition coefficient (Wildman–Crippen LogP) is 1.44. The van der Waals surface area contributed by atoms with E-state index in [9.17, 15) is 5.11 Å². The van der Waals surface area contributed by atoms with E-state index in [1.165, 1.54) is 0 Å². The highest BCUT2D eigenvalue weighted by Crippen LogP contribution is 2.29. The first-order chi connectivity index (χ1) is 9.83. The van der Waals surface area contributed by atoms with Crippen LogP contribution in [0.25, 0.3) is 10.8 Å². The van der Waals surface area contributed by atoms with Crippen LogP contribution in [0.4, 0.5) is 5.82 Å². The monoisotopic (exact) mass is 274 g/mol. The zero-order valence-corrected chi connectivity index (χ0v) is 11.5. The molecule has 0 spiro atoms. The van der Waals surface area contributed by atoms with Gasteiger partial charge in [-0.15, -0.1) is 0 Å². The van der Waals surface area contributed by atoms with E-state index in [1.54, 1.807) is 13.3 Å². The van der Waals surface area contributed by atoms with E-state index in [0.29, 0.717) is 13.2 Å². The van der Waals surface area contributed by atoms with E-state index >= 15 is 0 Å². The second-order valence-corrected chi connectivity index (χ2v) is 4.83. The van der Waals surface area contributed by atoms with E-state index in [4.69, 9.17) is 9.47 Å². The van der Waals surface area contributed by atoms with Gasteiger partial charge in [0.1, 0.15) is 11.6 Å². The number of aliphatic hydroxyl groups excluding tert-OH is 1. The molecule has 1 fully saturated rings.